The van der Waals surface area contributed by atoms with Crippen LogP contribution in [0.25, 0.3) is 11.2 Å². The number of halogens is 2. The normalized spacial score (nSPS) is 15.4. The zero-order valence-corrected chi connectivity index (χ0v) is 17.0. The van der Waals surface area contributed by atoms with E-state index in [0.29, 0.717) is 46.7 Å². The highest BCUT2D eigenvalue weighted by molar-refractivity contribution is 9.10. The number of aromatic nitrogens is 4. The maximum atomic E-state index is 13.1. The molecule has 0 saturated heterocycles. The molecule has 1 aromatic carbocycles. The summed E-state index contributed by atoms with van der Waals surface area (Å²) in [6.45, 7) is 0.591. The molecular weight excluding hydrogens is 436 g/mol. The van der Waals surface area contributed by atoms with Gasteiger partial charge in [0.25, 0.3) is 5.56 Å². The Morgan fingerprint density at radius 3 is 2.52 bits per heavy atom. The van der Waals surface area contributed by atoms with Crippen LogP contribution in [0.5, 0.6) is 0 Å². The second-order valence-electron chi connectivity index (χ2n) is 7.04. The highest BCUT2D eigenvalue weighted by Crippen LogP contribution is 2.38. The average Bonchev–Trinajstić information content (AvgIpc) is 3.28. The van der Waals surface area contributed by atoms with Gasteiger partial charge in [0.05, 0.1) is 12.1 Å². The number of aryl methyl sites for hydroxylation is 1. The Hall–Kier alpha value is -1.90. The first-order valence-corrected chi connectivity index (χ1v) is 9.78. The third kappa shape index (κ3) is 3.37. The van der Waals surface area contributed by atoms with Gasteiger partial charge in [-0.05, 0) is 52.9 Å². The van der Waals surface area contributed by atoms with E-state index in [4.69, 9.17) is 11.6 Å². The fourth-order valence-corrected chi connectivity index (χ4v) is 3.77. The van der Waals surface area contributed by atoms with Crippen molar-refractivity contribution in [1.29, 1.82) is 0 Å². The summed E-state index contributed by atoms with van der Waals surface area (Å²) < 4.78 is 4.77. The van der Waals surface area contributed by atoms with Crippen LogP contribution in [-0.4, -0.2) is 29.4 Å². The van der Waals surface area contributed by atoms with Crippen LogP contribution in [0.3, 0.4) is 0 Å². The minimum absolute atomic E-state index is 0.182. The monoisotopic (exact) mass is 452 g/mol. The predicted molar refractivity (Wildman–Crippen MR) is 106 cm³/mol. The van der Waals surface area contributed by atoms with Gasteiger partial charge in [0.1, 0.15) is 0 Å². The average molecular weight is 454 g/mol. The number of nitrogens with zero attached hydrogens (tertiary/aromatic N) is 4. The van der Waals surface area contributed by atoms with Gasteiger partial charge in [0.2, 0.25) is 0 Å². The van der Waals surface area contributed by atoms with Gasteiger partial charge in [-0.1, -0.05) is 23.7 Å². The summed E-state index contributed by atoms with van der Waals surface area (Å²) >= 11 is 9.34. The van der Waals surface area contributed by atoms with Crippen LogP contribution < -0.4 is 11.2 Å². The van der Waals surface area contributed by atoms with Crippen molar-refractivity contribution in [3.63, 3.8) is 0 Å². The van der Waals surface area contributed by atoms with Crippen molar-refractivity contribution in [2.24, 2.45) is 7.05 Å². The van der Waals surface area contributed by atoms with Gasteiger partial charge in [-0.3, -0.25) is 13.9 Å². The first kappa shape index (κ1) is 18.5. The van der Waals surface area contributed by atoms with Gasteiger partial charge in [-0.2, -0.15) is 0 Å². The Bertz CT molecular complexity index is 1140. The number of fused-ring (bicyclic) bond motifs is 1. The molecule has 0 radical (unpaired) electrons. The minimum atomic E-state index is -0.733. The molecule has 4 rings (SSSR count). The molecule has 1 fully saturated rings. The SMILES string of the molecule is Cn1c(=O)n(CCC2(O)CC2)c(=O)c2c1nc(Br)n2Cc1ccc(Cl)cc1. The first-order valence-electron chi connectivity index (χ1n) is 8.61. The third-order valence-corrected chi connectivity index (χ3v) is 5.93. The number of hydrogen-bond donors (Lipinski definition) is 1. The molecule has 3 aromatic rings. The van der Waals surface area contributed by atoms with Crippen molar-refractivity contribution in [3.8, 4) is 0 Å². The minimum Gasteiger partial charge on any atom is -0.390 e. The van der Waals surface area contributed by atoms with E-state index in [2.05, 4.69) is 20.9 Å². The second-order valence-corrected chi connectivity index (χ2v) is 8.18. The number of hydrogen-bond acceptors (Lipinski definition) is 4. The van der Waals surface area contributed by atoms with Gasteiger partial charge in [0.15, 0.2) is 15.9 Å². The van der Waals surface area contributed by atoms with Gasteiger partial charge in [-0.25, -0.2) is 9.78 Å². The first-order chi connectivity index (χ1) is 12.8. The molecule has 0 spiro atoms. The van der Waals surface area contributed by atoms with Gasteiger partial charge < -0.3 is 9.67 Å². The fourth-order valence-electron chi connectivity index (χ4n) is 3.17. The summed E-state index contributed by atoms with van der Waals surface area (Å²) in [5.74, 6) is 0. The third-order valence-electron chi connectivity index (χ3n) is 5.07. The number of imidazole rings is 1. The van der Waals surface area contributed by atoms with E-state index >= 15 is 0 Å². The summed E-state index contributed by atoms with van der Waals surface area (Å²) in [7, 11) is 1.60. The second kappa shape index (κ2) is 6.61. The smallest absolute Gasteiger partial charge is 0.332 e. The lowest BCUT2D eigenvalue weighted by Gasteiger charge is -2.12. The molecule has 0 atom stereocenters. The molecule has 0 unspecified atom stereocenters. The molecule has 1 aliphatic carbocycles. The number of benzene rings is 1. The van der Waals surface area contributed by atoms with E-state index in [0.717, 1.165) is 5.56 Å². The predicted octanol–water partition coefficient (Wildman–Crippen LogP) is 2.28. The van der Waals surface area contributed by atoms with Gasteiger partial charge in [0, 0.05) is 18.6 Å². The molecule has 7 nitrogen and oxygen atoms in total. The topological polar surface area (TPSA) is 82.0 Å². The lowest BCUT2D eigenvalue weighted by molar-refractivity contribution is 0.133. The standard InChI is InChI=1S/C18H18BrClN4O3/c1-22-14-13(15(25)23(17(22)26)9-8-18(27)6-7-18)24(16(19)21-14)10-11-2-4-12(20)5-3-11/h2-5,27H,6-10H2,1H3. The molecule has 0 bridgehead atoms. The Morgan fingerprint density at radius 1 is 1.22 bits per heavy atom. The summed E-state index contributed by atoms with van der Waals surface area (Å²) in [4.78, 5) is 30.1. The zero-order chi connectivity index (χ0) is 19.3. The molecule has 2 heterocycles. The van der Waals surface area contributed by atoms with E-state index in [9.17, 15) is 14.7 Å². The molecule has 27 heavy (non-hydrogen) atoms. The summed E-state index contributed by atoms with van der Waals surface area (Å²) in [5.41, 5.74) is 0.0640. The summed E-state index contributed by atoms with van der Waals surface area (Å²) in [6.07, 6.45) is 1.81. The Labute approximate surface area is 168 Å². The van der Waals surface area contributed by atoms with Crippen molar-refractivity contribution in [3.05, 3.63) is 60.4 Å². The van der Waals surface area contributed by atoms with Crippen LogP contribution in [0.4, 0.5) is 0 Å². The van der Waals surface area contributed by atoms with E-state index in [-0.39, 0.29) is 6.54 Å². The quantitative estimate of drug-likeness (QED) is 0.601. The van der Waals surface area contributed by atoms with Gasteiger partial charge in [-0.15, -0.1) is 0 Å². The Morgan fingerprint density at radius 2 is 1.89 bits per heavy atom. The fraction of sp³-hybridized carbons (Fsp3) is 0.389. The van der Waals surface area contributed by atoms with Crippen LogP contribution in [0.1, 0.15) is 24.8 Å². The number of rotatable bonds is 5. The molecule has 1 saturated carbocycles. The van der Waals surface area contributed by atoms with Crippen LogP contribution in [0.2, 0.25) is 5.02 Å². The lowest BCUT2D eigenvalue weighted by atomic mass is 10.2. The van der Waals surface area contributed by atoms with Gasteiger partial charge >= 0.3 is 5.69 Å². The highest BCUT2D eigenvalue weighted by Gasteiger charge is 2.40. The molecule has 142 valence electrons. The van der Waals surface area contributed by atoms with Crippen molar-refractivity contribution >= 4 is 38.7 Å². The van der Waals surface area contributed by atoms with E-state index in [1.54, 1.807) is 23.7 Å². The van der Waals surface area contributed by atoms with E-state index in [1.807, 2.05) is 12.1 Å². The van der Waals surface area contributed by atoms with Crippen molar-refractivity contribution < 1.29 is 5.11 Å². The molecule has 1 aliphatic rings. The molecular formula is C18H18BrClN4O3. The van der Waals surface area contributed by atoms with E-state index < -0.39 is 16.9 Å². The van der Waals surface area contributed by atoms with Crippen LogP contribution in [0.15, 0.2) is 38.6 Å². The van der Waals surface area contributed by atoms with Crippen molar-refractivity contribution in [1.82, 2.24) is 18.7 Å². The maximum Gasteiger partial charge on any atom is 0.332 e. The Balaban J connectivity index is 1.83. The van der Waals surface area contributed by atoms with Crippen molar-refractivity contribution in [2.45, 2.75) is 38.0 Å². The molecule has 9 heteroatoms. The Kier molecular flexibility index (Phi) is 4.52. The van der Waals surface area contributed by atoms with Crippen molar-refractivity contribution in [2.75, 3.05) is 0 Å². The van der Waals surface area contributed by atoms with Crippen LogP contribution in [-0.2, 0) is 20.1 Å². The van der Waals surface area contributed by atoms with Crippen LogP contribution >= 0.6 is 27.5 Å². The molecule has 1 N–H and O–H groups in total. The maximum absolute atomic E-state index is 13.1. The molecule has 0 aliphatic heterocycles. The van der Waals surface area contributed by atoms with E-state index in [1.165, 1.54) is 9.13 Å². The number of aliphatic hydroxyl groups is 1. The summed E-state index contributed by atoms with van der Waals surface area (Å²) in [5, 5.41) is 10.7. The lowest BCUT2D eigenvalue weighted by Crippen LogP contribution is -2.40. The van der Waals surface area contributed by atoms with Crippen LogP contribution in [0, 0.1) is 0 Å². The largest absolute Gasteiger partial charge is 0.390 e. The summed E-state index contributed by atoms with van der Waals surface area (Å²) in [6, 6.07) is 7.33. The molecule has 2 aromatic heterocycles. The highest BCUT2D eigenvalue weighted by atomic mass is 79.9. The molecule has 0 amide bonds. The zero-order valence-electron chi connectivity index (χ0n) is 14.7.